The molecule has 0 spiro atoms. The minimum atomic E-state index is -0.306. The van der Waals surface area contributed by atoms with Gasteiger partial charge < -0.3 is 19.5 Å². The van der Waals surface area contributed by atoms with Crippen molar-refractivity contribution in [2.24, 2.45) is 0 Å². The second kappa shape index (κ2) is 8.73. The van der Waals surface area contributed by atoms with E-state index in [1.165, 1.54) is 0 Å². The zero-order chi connectivity index (χ0) is 21.1. The zero-order valence-electron chi connectivity index (χ0n) is 16.6. The number of rotatable bonds is 6. The number of nitrogens with one attached hydrogen (secondary N) is 1. The molecule has 0 fully saturated rings. The first-order valence-electron chi connectivity index (χ1n) is 9.37. The van der Waals surface area contributed by atoms with E-state index < -0.39 is 0 Å². The number of halogens is 1. The largest absolute Gasteiger partial charge is 0.493 e. The Bertz CT molecular complexity index is 1050. The number of hydrogen-bond donors (Lipinski definition) is 1. The van der Waals surface area contributed by atoms with Gasteiger partial charge in [0.1, 0.15) is 6.10 Å². The average molecular weight is 429 g/mol. The highest BCUT2D eigenvalue weighted by Gasteiger charge is 2.27. The molecule has 2 aromatic carbocycles. The van der Waals surface area contributed by atoms with Gasteiger partial charge in [0, 0.05) is 11.6 Å². The Hall–Kier alpha value is -3.10. The van der Waals surface area contributed by atoms with Crippen LogP contribution in [0.4, 0.5) is 0 Å². The molecular formula is C21H21ClN4O4. The lowest BCUT2D eigenvalue weighted by atomic mass is 10.1. The van der Waals surface area contributed by atoms with Crippen LogP contribution >= 0.6 is 11.6 Å². The van der Waals surface area contributed by atoms with E-state index in [0.717, 1.165) is 11.1 Å². The lowest BCUT2D eigenvalue weighted by Gasteiger charge is -2.24. The van der Waals surface area contributed by atoms with Crippen molar-refractivity contribution in [3.8, 4) is 11.5 Å². The summed E-state index contributed by atoms with van der Waals surface area (Å²) in [5.74, 6) is 0.929. The first kappa shape index (κ1) is 20.2. The van der Waals surface area contributed by atoms with Gasteiger partial charge in [-0.1, -0.05) is 35.0 Å². The number of benzene rings is 2. The summed E-state index contributed by atoms with van der Waals surface area (Å²) in [7, 11) is 3.15. The van der Waals surface area contributed by atoms with Crippen LogP contribution in [0.25, 0.3) is 0 Å². The fourth-order valence-corrected chi connectivity index (χ4v) is 3.45. The van der Waals surface area contributed by atoms with Crippen LogP contribution in [-0.2, 0) is 24.4 Å². The maximum absolute atomic E-state index is 12.7. The number of nitrogens with zero attached hydrogens (tertiary/aromatic N) is 3. The fourth-order valence-electron chi connectivity index (χ4n) is 3.32. The Morgan fingerprint density at radius 1 is 1.20 bits per heavy atom. The van der Waals surface area contributed by atoms with Crippen LogP contribution in [0, 0.1) is 0 Å². The van der Waals surface area contributed by atoms with Crippen LogP contribution in [0.3, 0.4) is 0 Å². The molecule has 3 aromatic rings. The highest BCUT2D eigenvalue weighted by molar-refractivity contribution is 6.30. The average Bonchev–Trinajstić information content (AvgIpc) is 3.21. The summed E-state index contributed by atoms with van der Waals surface area (Å²) in [6.07, 6.45) is -0.167. The smallest absolute Gasteiger partial charge is 0.274 e. The maximum atomic E-state index is 12.7. The van der Waals surface area contributed by atoms with Gasteiger partial charge in [-0.25, -0.2) is 4.68 Å². The van der Waals surface area contributed by atoms with E-state index in [4.69, 9.17) is 25.8 Å². The molecule has 156 valence electrons. The highest BCUT2D eigenvalue weighted by atomic mass is 35.5. The normalized spacial score (nSPS) is 15.4. The van der Waals surface area contributed by atoms with Crippen LogP contribution in [0.1, 0.15) is 33.4 Å². The number of fused-ring (bicyclic) bond motifs is 1. The predicted octanol–water partition coefficient (Wildman–Crippen LogP) is 3.15. The van der Waals surface area contributed by atoms with Gasteiger partial charge in [0.05, 0.1) is 33.1 Å². The molecule has 0 unspecified atom stereocenters. The molecule has 30 heavy (non-hydrogen) atoms. The van der Waals surface area contributed by atoms with Gasteiger partial charge >= 0.3 is 0 Å². The molecule has 0 aliphatic carbocycles. The lowest BCUT2D eigenvalue weighted by molar-refractivity contribution is -0.00177. The molecule has 1 aliphatic heterocycles. The number of carbonyl (C=O) groups excluding carboxylic acids is 1. The quantitative estimate of drug-likeness (QED) is 0.649. The van der Waals surface area contributed by atoms with Crippen molar-refractivity contribution in [1.29, 1.82) is 0 Å². The van der Waals surface area contributed by atoms with Crippen LogP contribution < -0.4 is 14.8 Å². The van der Waals surface area contributed by atoms with Crippen molar-refractivity contribution in [2.45, 2.75) is 25.8 Å². The topological polar surface area (TPSA) is 87.5 Å². The summed E-state index contributed by atoms with van der Waals surface area (Å²) in [5.41, 5.74) is 2.80. The van der Waals surface area contributed by atoms with E-state index in [1.807, 2.05) is 36.4 Å². The van der Waals surface area contributed by atoms with Gasteiger partial charge in [0.2, 0.25) is 0 Å². The molecule has 0 radical (unpaired) electrons. The number of ether oxygens (including phenoxy) is 3. The van der Waals surface area contributed by atoms with Gasteiger partial charge in [-0.05, 0) is 35.4 Å². The minimum Gasteiger partial charge on any atom is -0.493 e. The van der Waals surface area contributed by atoms with Crippen molar-refractivity contribution in [3.63, 3.8) is 0 Å². The molecular weight excluding hydrogens is 408 g/mol. The molecule has 0 saturated heterocycles. The second-order valence-electron chi connectivity index (χ2n) is 6.79. The third-order valence-electron chi connectivity index (χ3n) is 4.96. The molecule has 4 rings (SSSR count). The molecule has 1 N–H and O–H groups in total. The predicted molar refractivity (Wildman–Crippen MR) is 110 cm³/mol. The van der Waals surface area contributed by atoms with E-state index in [-0.39, 0.29) is 24.3 Å². The summed E-state index contributed by atoms with van der Waals surface area (Å²) >= 11 is 5.95. The Morgan fingerprint density at radius 3 is 2.70 bits per heavy atom. The van der Waals surface area contributed by atoms with Crippen molar-refractivity contribution in [1.82, 2.24) is 20.3 Å². The molecule has 1 aliphatic rings. The second-order valence-corrected chi connectivity index (χ2v) is 7.23. The molecule has 0 saturated carbocycles. The SMILES string of the molecule is COc1ccc(CNC(=O)c2nnn3c2CO[C@@H](c2ccc(Cl)cc2)C3)cc1OC. The molecule has 1 amide bonds. The molecule has 1 aromatic heterocycles. The monoisotopic (exact) mass is 428 g/mol. The molecule has 2 heterocycles. The van der Waals surface area contributed by atoms with Crippen LogP contribution in [-0.4, -0.2) is 35.1 Å². The molecule has 1 atom stereocenters. The van der Waals surface area contributed by atoms with Gasteiger partial charge in [-0.15, -0.1) is 5.10 Å². The molecule has 8 nitrogen and oxygen atoms in total. The van der Waals surface area contributed by atoms with Gasteiger partial charge in [0.25, 0.3) is 5.91 Å². The first-order valence-corrected chi connectivity index (χ1v) is 9.75. The van der Waals surface area contributed by atoms with Crippen LogP contribution in [0.5, 0.6) is 11.5 Å². The summed E-state index contributed by atoms with van der Waals surface area (Å²) in [4.78, 5) is 12.7. The van der Waals surface area contributed by atoms with E-state index in [9.17, 15) is 4.79 Å². The Kier molecular flexibility index (Phi) is 5.87. The van der Waals surface area contributed by atoms with E-state index in [1.54, 1.807) is 25.0 Å². The van der Waals surface area contributed by atoms with Crippen molar-refractivity contribution in [2.75, 3.05) is 14.2 Å². The van der Waals surface area contributed by atoms with Crippen LogP contribution in [0.2, 0.25) is 5.02 Å². The maximum Gasteiger partial charge on any atom is 0.274 e. The van der Waals surface area contributed by atoms with Gasteiger partial charge in [-0.3, -0.25) is 4.79 Å². The highest BCUT2D eigenvalue weighted by Crippen LogP contribution is 2.29. The summed E-state index contributed by atoms with van der Waals surface area (Å²) in [6, 6.07) is 13.0. The number of aromatic nitrogens is 3. The number of methoxy groups -OCH3 is 2. The third kappa shape index (κ3) is 4.10. The summed E-state index contributed by atoms with van der Waals surface area (Å²) < 4.78 is 18.2. The molecule has 0 bridgehead atoms. The van der Waals surface area contributed by atoms with Crippen molar-refractivity contribution < 1.29 is 19.0 Å². The van der Waals surface area contributed by atoms with Gasteiger partial charge in [-0.2, -0.15) is 0 Å². The Balaban J connectivity index is 1.42. The van der Waals surface area contributed by atoms with Gasteiger partial charge in [0.15, 0.2) is 17.2 Å². The van der Waals surface area contributed by atoms with Crippen molar-refractivity contribution in [3.05, 3.63) is 70.0 Å². The minimum absolute atomic E-state index is 0.167. The van der Waals surface area contributed by atoms with E-state index in [0.29, 0.717) is 35.3 Å². The number of hydrogen-bond acceptors (Lipinski definition) is 6. The lowest BCUT2D eigenvalue weighted by Crippen LogP contribution is -2.27. The number of carbonyl (C=O) groups is 1. The van der Waals surface area contributed by atoms with Crippen LogP contribution in [0.15, 0.2) is 42.5 Å². The summed E-state index contributed by atoms with van der Waals surface area (Å²) in [6.45, 7) is 1.05. The zero-order valence-corrected chi connectivity index (χ0v) is 17.3. The number of amides is 1. The Labute approximate surface area is 178 Å². The third-order valence-corrected chi connectivity index (χ3v) is 5.21. The fraction of sp³-hybridized carbons (Fsp3) is 0.286. The Morgan fingerprint density at radius 2 is 1.97 bits per heavy atom. The standard InChI is InChI=1S/C21H21ClN4O4/c1-28-17-8-3-13(9-18(17)29-2)10-23-21(27)20-16-12-30-19(11-26(16)25-24-20)14-4-6-15(22)7-5-14/h3-9,19H,10-12H2,1-2H3,(H,23,27)/t19-/m1/s1. The summed E-state index contributed by atoms with van der Waals surface area (Å²) in [5, 5.41) is 11.7. The van der Waals surface area contributed by atoms with E-state index in [2.05, 4.69) is 15.6 Å². The van der Waals surface area contributed by atoms with Crippen molar-refractivity contribution >= 4 is 17.5 Å². The molecule has 9 heteroatoms. The first-order chi connectivity index (χ1) is 14.6. The van der Waals surface area contributed by atoms with E-state index >= 15 is 0 Å².